The molecule has 0 unspecified atom stereocenters. The zero-order chi connectivity index (χ0) is 21.6. The van der Waals surface area contributed by atoms with Gasteiger partial charge in [-0.05, 0) is 48.2 Å². The van der Waals surface area contributed by atoms with Gasteiger partial charge in [0.15, 0.2) is 5.82 Å². The van der Waals surface area contributed by atoms with Crippen molar-refractivity contribution in [2.45, 2.75) is 26.9 Å². The molecule has 0 atom stereocenters. The van der Waals surface area contributed by atoms with Crippen LogP contribution >= 0.6 is 0 Å². The summed E-state index contributed by atoms with van der Waals surface area (Å²) in [5, 5.41) is 0. The number of aromatic nitrogens is 2. The van der Waals surface area contributed by atoms with Crippen LogP contribution in [0.15, 0.2) is 85.2 Å². The van der Waals surface area contributed by atoms with Crippen molar-refractivity contribution >= 4 is 11.5 Å². The number of ether oxygens (including phenoxy) is 1. The average molecular weight is 411 g/mol. The molecule has 0 amide bonds. The van der Waals surface area contributed by atoms with E-state index in [4.69, 9.17) is 10.5 Å². The van der Waals surface area contributed by atoms with Gasteiger partial charge in [0, 0.05) is 13.1 Å². The van der Waals surface area contributed by atoms with Gasteiger partial charge >= 0.3 is 0 Å². The fraction of sp³-hybridized carbons (Fsp3) is 0.154. The van der Waals surface area contributed by atoms with E-state index >= 15 is 0 Å². The van der Waals surface area contributed by atoms with Crippen molar-refractivity contribution in [1.29, 1.82) is 0 Å². The monoisotopic (exact) mass is 410 g/mol. The number of anilines is 2. The van der Waals surface area contributed by atoms with Crippen molar-refractivity contribution in [3.63, 3.8) is 0 Å². The van der Waals surface area contributed by atoms with Crippen molar-refractivity contribution in [1.82, 2.24) is 9.97 Å². The van der Waals surface area contributed by atoms with Crippen molar-refractivity contribution in [3.05, 3.63) is 107 Å². The number of nitrogens with zero attached hydrogens (tertiary/aromatic N) is 3. The molecule has 4 aromatic rings. The quantitative estimate of drug-likeness (QED) is 0.425. The molecule has 31 heavy (non-hydrogen) atoms. The molecule has 0 aliphatic rings. The molecule has 1 aromatic heterocycles. The van der Waals surface area contributed by atoms with E-state index in [0.29, 0.717) is 36.2 Å². The third-order valence-corrected chi connectivity index (χ3v) is 5.25. The number of hydrogen-bond donors (Lipinski definition) is 1. The van der Waals surface area contributed by atoms with Crippen LogP contribution in [-0.4, -0.2) is 9.97 Å². The number of aryl methyl sites for hydroxylation is 2. The molecule has 5 nitrogen and oxygen atoms in total. The van der Waals surface area contributed by atoms with Gasteiger partial charge in [-0.1, -0.05) is 66.7 Å². The molecule has 0 radical (unpaired) electrons. The summed E-state index contributed by atoms with van der Waals surface area (Å²) < 4.78 is 6.03. The van der Waals surface area contributed by atoms with Gasteiger partial charge in [0.25, 0.3) is 0 Å². The maximum absolute atomic E-state index is 6.52. The first-order valence-corrected chi connectivity index (χ1v) is 10.3. The van der Waals surface area contributed by atoms with E-state index in [0.717, 1.165) is 5.56 Å². The predicted octanol–water partition coefficient (Wildman–Crippen LogP) is 5.67. The number of benzene rings is 3. The van der Waals surface area contributed by atoms with E-state index in [1.165, 1.54) is 23.0 Å². The Morgan fingerprint density at radius 2 is 1.39 bits per heavy atom. The second kappa shape index (κ2) is 9.30. The summed E-state index contributed by atoms with van der Waals surface area (Å²) in [6.45, 7) is 5.46. The Hall–Kier alpha value is -3.86. The SMILES string of the molecule is Cc1ccc(Oc2ncnc(N(Cc3ccccc3)Cc3ccccc3)c2N)cc1C. The van der Waals surface area contributed by atoms with Crippen LogP contribution in [0.3, 0.4) is 0 Å². The lowest BCUT2D eigenvalue weighted by Gasteiger charge is -2.25. The number of rotatable bonds is 7. The largest absolute Gasteiger partial charge is 0.437 e. The van der Waals surface area contributed by atoms with Gasteiger partial charge in [-0.15, -0.1) is 0 Å². The smallest absolute Gasteiger partial charge is 0.248 e. The first-order valence-electron chi connectivity index (χ1n) is 10.3. The van der Waals surface area contributed by atoms with Crippen LogP contribution in [0.25, 0.3) is 0 Å². The van der Waals surface area contributed by atoms with Gasteiger partial charge in [0.05, 0.1) is 0 Å². The van der Waals surface area contributed by atoms with Crippen molar-refractivity contribution in [2.75, 3.05) is 10.6 Å². The van der Waals surface area contributed by atoms with Crippen LogP contribution in [0, 0.1) is 13.8 Å². The Morgan fingerprint density at radius 1 is 0.774 bits per heavy atom. The van der Waals surface area contributed by atoms with E-state index < -0.39 is 0 Å². The third kappa shape index (κ3) is 5.01. The maximum atomic E-state index is 6.52. The van der Waals surface area contributed by atoms with Gasteiger partial charge in [0.2, 0.25) is 5.88 Å². The summed E-state index contributed by atoms with van der Waals surface area (Å²) in [5.41, 5.74) is 11.6. The van der Waals surface area contributed by atoms with Gasteiger partial charge in [-0.3, -0.25) is 0 Å². The van der Waals surface area contributed by atoms with E-state index in [1.54, 1.807) is 0 Å². The van der Waals surface area contributed by atoms with Crippen LogP contribution in [0.4, 0.5) is 11.5 Å². The highest BCUT2D eigenvalue weighted by Gasteiger charge is 2.18. The first kappa shape index (κ1) is 20.4. The predicted molar refractivity (Wildman–Crippen MR) is 125 cm³/mol. The fourth-order valence-electron chi connectivity index (χ4n) is 3.41. The van der Waals surface area contributed by atoms with E-state index in [2.05, 4.69) is 53.0 Å². The van der Waals surface area contributed by atoms with Crippen LogP contribution in [0.2, 0.25) is 0 Å². The summed E-state index contributed by atoms with van der Waals surface area (Å²) in [6.07, 6.45) is 1.51. The summed E-state index contributed by atoms with van der Waals surface area (Å²) in [6, 6.07) is 26.5. The minimum Gasteiger partial charge on any atom is -0.437 e. The molecule has 5 heteroatoms. The second-order valence-corrected chi connectivity index (χ2v) is 7.59. The van der Waals surface area contributed by atoms with Gasteiger partial charge in [-0.2, -0.15) is 4.98 Å². The highest BCUT2D eigenvalue weighted by atomic mass is 16.5. The molecule has 4 rings (SSSR count). The normalized spacial score (nSPS) is 10.6. The highest BCUT2D eigenvalue weighted by molar-refractivity contribution is 5.68. The lowest BCUT2D eigenvalue weighted by atomic mass is 10.1. The third-order valence-electron chi connectivity index (χ3n) is 5.25. The summed E-state index contributed by atoms with van der Waals surface area (Å²) in [5.74, 6) is 1.72. The van der Waals surface area contributed by atoms with Crippen molar-refractivity contribution < 1.29 is 4.74 Å². The van der Waals surface area contributed by atoms with Crippen molar-refractivity contribution in [2.24, 2.45) is 0 Å². The van der Waals surface area contributed by atoms with Crippen LogP contribution in [0.1, 0.15) is 22.3 Å². The molecule has 0 saturated heterocycles. The van der Waals surface area contributed by atoms with Crippen molar-refractivity contribution in [3.8, 4) is 11.6 Å². The van der Waals surface area contributed by atoms with Gasteiger partial charge in [-0.25, -0.2) is 4.98 Å². The Balaban J connectivity index is 1.66. The molecule has 0 saturated carbocycles. The van der Waals surface area contributed by atoms with Gasteiger partial charge < -0.3 is 15.4 Å². The van der Waals surface area contributed by atoms with Crippen LogP contribution in [0.5, 0.6) is 11.6 Å². The number of nitrogens with two attached hydrogens (primary N) is 1. The Kier molecular flexibility index (Phi) is 6.13. The highest BCUT2D eigenvalue weighted by Crippen LogP contribution is 2.33. The minimum absolute atomic E-state index is 0.361. The second-order valence-electron chi connectivity index (χ2n) is 7.59. The van der Waals surface area contributed by atoms with E-state index in [9.17, 15) is 0 Å². The standard InChI is InChI=1S/C26H26N4O/c1-19-13-14-23(15-20(19)2)31-26-24(27)25(28-18-29-26)30(16-21-9-5-3-6-10-21)17-22-11-7-4-8-12-22/h3-15,18H,16-17,27H2,1-2H3. The zero-order valence-electron chi connectivity index (χ0n) is 17.8. The van der Waals surface area contributed by atoms with Crippen LogP contribution < -0.4 is 15.4 Å². The molecule has 0 aliphatic heterocycles. The first-order chi connectivity index (χ1) is 15.1. The fourth-order valence-corrected chi connectivity index (χ4v) is 3.41. The lowest BCUT2D eigenvalue weighted by molar-refractivity contribution is 0.463. The van der Waals surface area contributed by atoms with Crippen LogP contribution in [-0.2, 0) is 13.1 Å². The Morgan fingerprint density at radius 3 is 1.97 bits per heavy atom. The molecule has 0 spiro atoms. The molecular formula is C26H26N4O. The molecule has 0 fully saturated rings. The Bertz CT molecular complexity index is 1110. The molecule has 3 aromatic carbocycles. The summed E-state index contributed by atoms with van der Waals surface area (Å²) in [4.78, 5) is 11.0. The molecule has 1 heterocycles. The number of hydrogen-bond acceptors (Lipinski definition) is 5. The van der Waals surface area contributed by atoms with E-state index in [-0.39, 0.29) is 0 Å². The topological polar surface area (TPSA) is 64.3 Å². The minimum atomic E-state index is 0.361. The zero-order valence-corrected chi connectivity index (χ0v) is 17.8. The maximum Gasteiger partial charge on any atom is 0.248 e. The molecule has 2 N–H and O–H groups in total. The summed E-state index contributed by atoms with van der Waals surface area (Å²) in [7, 11) is 0. The van der Waals surface area contributed by atoms with Gasteiger partial charge in [0.1, 0.15) is 17.8 Å². The Labute approximate surface area is 183 Å². The number of nitrogen functional groups attached to an aromatic ring is 1. The lowest BCUT2D eigenvalue weighted by Crippen LogP contribution is -2.24. The summed E-state index contributed by atoms with van der Waals surface area (Å²) >= 11 is 0. The molecular weight excluding hydrogens is 384 g/mol. The molecule has 156 valence electrons. The average Bonchev–Trinajstić information content (AvgIpc) is 2.79. The molecule has 0 bridgehead atoms. The molecule has 0 aliphatic carbocycles. The van der Waals surface area contributed by atoms with E-state index in [1.807, 2.05) is 54.6 Å².